The molecule has 142 valence electrons. The second kappa shape index (κ2) is 20.1. The smallest absolute Gasteiger partial charge is 0.253 e. The van der Waals surface area contributed by atoms with Crippen LogP contribution in [0.15, 0.2) is 18.2 Å². The van der Waals surface area contributed by atoms with E-state index in [0.29, 0.717) is 13.2 Å². The van der Waals surface area contributed by atoms with E-state index in [1.54, 1.807) is 4.90 Å². The molecule has 0 saturated carbocycles. The number of ether oxygens (including phenoxy) is 1. The maximum atomic E-state index is 11.6. The van der Waals surface area contributed by atoms with E-state index in [-0.39, 0.29) is 12.5 Å². The van der Waals surface area contributed by atoms with Gasteiger partial charge in [0, 0.05) is 12.2 Å². The summed E-state index contributed by atoms with van der Waals surface area (Å²) in [5.41, 5.74) is 7.02. The fourth-order valence-electron chi connectivity index (χ4n) is 1.59. The third-order valence-corrected chi connectivity index (χ3v) is 3.18. The molecule has 24 heavy (non-hydrogen) atoms. The van der Waals surface area contributed by atoms with Gasteiger partial charge < -0.3 is 15.4 Å². The Labute approximate surface area is 152 Å². The van der Waals surface area contributed by atoms with Crippen molar-refractivity contribution in [3.63, 3.8) is 0 Å². The first-order valence-electron chi connectivity index (χ1n) is 9.04. The van der Waals surface area contributed by atoms with Gasteiger partial charge in [-0.3, -0.25) is 4.79 Å². The van der Waals surface area contributed by atoms with E-state index >= 15 is 0 Å². The van der Waals surface area contributed by atoms with Gasteiger partial charge in [0.15, 0.2) is 0 Å². The predicted molar refractivity (Wildman–Crippen MR) is 112 cm³/mol. The monoisotopic (exact) mass is 358 g/mol. The molecule has 1 unspecified atom stereocenters. The minimum absolute atomic E-state index is 0.0366. The SMILES string of the molecule is CC.CC.CC.CCN.Cc1ccc(N2CCOCC2=O)cc1P. The summed E-state index contributed by atoms with van der Waals surface area (Å²) in [7, 11) is 2.68. The first-order chi connectivity index (χ1) is 11.6. The average molecular weight is 359 g/mol. The molecule has 0 bridgehead atoms. The molecule has 1 aliphatic rings. The molecule has 1 saturated heterocycles. The van der Waals surface area contributed by atoms with Gasteiger partial charge in [0.25, 0.3) is 5.91 Å². The molecule has 2 rings (SSSR count). The predicted octanol–water partition coefficient (Wildman–Crippen LogP) is 3.90. The topological polar surface area (TPSA) is 55.6 Å². The Kier molecular flexibility index (Phi) is 23.3. The molecule has 1 aromatic carbocycles. The molecule has 1 aromatic rings. The highest BCUT2D eigenvalue weighted by molar-refractivity contribution is 7.27. The van der Waals surface area contributed by atoms with Crippen LogP contribution in [0.25, 0.3) is 0 Å². The minimum atomic E-state index is 0.0366. The van der Waals surface area contributed by atoms with Crippen molar-refractivity contribution in [3.05, 3.63) is 23.8 Å². The zero-order valence-corrected chi connectivity index (χ0v) is 18.1. The Morgan fingerprint density at radius 3 is 2.08 bits per heavy atom. The molecule has 1 amide bonds. The Morgan fingerprint density at radius 1 is 1.17 bits per heavy atom. The number of carbonyl (C=O) groups excluding carboxylic acids is 1. The van der Waals surface area contributed by atoms with E-state index in [1.807, 2.05) is 73.6 Å². The molecule has 0 aromatic heterocycles. The number of nitrogens with zero attached hydrogens (tertiary/aromatic N) is 1. The van der Waals surface area contributed by atoms with Crippen LogP contribution < -0.4 is 15.9 Å². The molecule has 1 heterocycles. The lowest BCUT2D eigenvalue weighted by molar-refractivity contribution is -0.125. The van der Waals surface area contributed by atoms with Crippen molar-refractivity contribution < 1.29 is 9.53 Å². The molecule has 1 fully saturated rings. The third kappa shape index (κ3) is 11.6. The molecule has 0 radical (unpaired) electrons. The Bertz CT molecular complexity index is 412. The molecular formula is C19H39N2O2P. The highest BCUT2D eigenvalue weighted by atomic mass is 31.0. The molecule has 0 aliphatic carbocycles. The van der Waals surface area contributed by atoms with E-state index in [9.17, 15) is 4.79 Å². The van der Waals surface area contributed by atoms with Crippen molar-refractivity contribution in [1.82, 2.24) is 0 Å². The number of nitrogens with two attached hydrogens (primary N) is 1. The molecule has 5 heteroatoms. The van der Waals surface area contributed by atoms with E-state index in [2.05, 4.69) is 9.24 Å². The zero-order valence-electron chi connectivity index (χ0n) is 17.0. The number of aryl methyl sites for hydroxylation is 1. The fourth-order valence-corrected chi connectivity index (χ4v) is 1.85. The highest BCUT2D eigenvalue weighted by Crippen LogP contribution is 2.17. The average Bonchev–Trinajstić information content (AvgIpc) is 2.64. The number of anilines is 1. The number of rotatable bonds is 1. The van der Waals surface area contributed by atoms with Gasteiger partial charge in [-0.1, -0.05) is 54.5 Å². The lowest BCUT2D eigenvalue weighted by atomic mass is 10.2. The van der Waals surface area contributed by atoms with E-state index in [1.165, 1.54) is 5.56 Å². The second-order valence-corrected chi connectivity index (χ2v) is 4.67. The Balaban J connectivity index is -0.000000422. The quantitative estimate of drug-likeness (QED) is 0.775. The number of carbonyl (C=O) groups is 1. The van der Waals surface area contributed by atoms with Crippen LogP contribution in [0.4, 0.5) is 5.69 Å². The van der Waals surface area contributed by atoms with Crippen molar-refractivity contribution in [1.29, 1.82) is 0 Å². The first-order valence-corrected chi connectivity index (χ1v) is 9.62. The van der Waals surface area contributed by atoms with Crippen molar-refractivity contribution in [3.8, 4) is 0 Å². The highest BCUT2D eigenvalue weighted by Gasteiger charge is 2.20. The van der Waals surface area contributed by atoms with Gasteiger partial charge in [-0.2, -0.15) is 0 Å². The summed E-state index contributed by atoms with van der Waals surface area (Å²) in [5.74, 6) is 0.0366. The lowest BCUT2D eigenvalue weighted by Gasteiger charge is -2.27. The number of benzene rings is 1. The molecular weight excluding hydrogens is 319 g/mol. The Hall–Kier alpha value is -0.960. The molecule has 1 aliphatic heterocycles. The lowest BCUT2D eigenvalue weighted by Crippen LogP contribution is -2.41. The molecule has 2 N–H and O–H groups in total. The second-order valence-electron chi connectivity index (χ2n) is 4.05. The number of morpholine rings is 1. The van der Waals surface area contributed by atoms with Crippen molar-refractivity contribution in [2.45, 2.75) is 55.4 Å². The summed E-state index contributed by atoms with van der Waals surface area (Å²) >= 11 is 0. The van der Waals surface area contributed by atoms with Gasteiger partial charge in [0.05, 0.1) is 6.61 Å². The molecule has 4 nitrogen and oxygen atoms in total. The fraction of sp³-hybridized carbons (Fsp3) is 0.632. The molecule has 1 atom stereocenters. The number of amides is 1. The van der Waals surface area contributed by atoms with Crippen LogP contribution in [0, 0.1) is 6.92 Å². The summed E-state index contributed by atoms with van der Waals surface area (Å²) in [5, 5.41) is 1.13. The van der Waals surface area contributed by atoms with Crippen molar-refractivity contribution in [2.75, 3.05) is 31.2 Å². The first kappa shape index (κ1) is 27.9. The maximum absolute atomic E-state index is 11.6. The minimum Gasteiger partial charge on any atom is -0.370 e. The van der Waals surface area contributed by atoms with Crippen LogP contribution in [0.5, 0.6) is 0 Å². The van der Waals surface area contributed by atoms with E-state index in [4.69, 9.17) is 10.5 Å². The summed E-state index contributed by atoms with van der Waals surface area (Å²) in [6.07, 6.45) is 0. The van der Waals surface area contributed by atoms with Crippen LogP contribution in [0.2, 0.25) is 0 Å². The summed E-state index contributed by atoms with van der Waals surface area (Å²) in [6.45, 7) is 18.2. The summed E-state index contributed by atoms with van der Waals surface area (Å²) < 4.78 is 5.09. The van der Waals surface area contributed by atoms with Gasteiger partial charge in [-0.05, 0) is 36.5 Å². The standard InChI is InChI=1S/C11H14NO2P.C2H7N.3C2H6/c1-8-2-3-9(6-10(8)15)12-4-5-14-7-11(12)13;1-2-3;3*1-2/h2-3,6H,4-5,7,15H2,1H3;2-3H2,1H3;3*1-2H3. The van der Waals surface area contributed by atoms with Crippen LogP contribution in [0.3, 0.4) is 0 Å². The van der Waals surface area contributed by atoms with Crippen LogP contribution in [-0.2, 0) is 9.53 Å². The zero-order chi connectivity index (χ0) is 19.5. The largest absolute Gasteiger partial charge is 0.370 e. The van der Waals surface area contributed by atoms with Crippen molar-refractivity contribution >= 4 is 26.1 Å². The van der Waals surface area contributed by atoms with Crippen LogP contribution >= 0.6 is 9.24 Å². The van der Waals surface area contributed by atoms with Crippen LogP contribution in [0.1, 0.15) is 54.0 Å². The van der Waals surface area contributed by atoms with E-state index < -0.39 is 0 Å². The van der Waals surface area contributed by atoms with Gasteiger partial charge in [0.2, 0.25) is 0 Å². The molecule has 0 spiro atoms. The normalized spacial score (nSPS) is 12.1. The van der Waals surface area contributed by atoms with E-state index in [0.717, 1.165) is 17.5 Å². The van der Waals surface area contributed by atoms with Crippen LogP contribution in [-0.4, -0.2) is 32.2 Å². The summed E-state index contributed by atoms with van der Waals surface area (Å²) in [6, 6.07) is 6.02. The summed E-state index contributed by atoms with van der Waals surface area (Å²) in [4.78, 5) is 13.4. The van der Waals surface area contributed by atoms with Crippen molar-refractivity contribution in [2.24, 2.45) is 5.73 Å². The van der Waals surface area contributed by atoms with Gasteiger partial charge in [-0.15, -0.1) is 9.24 Å². The maximum Gasteiger partial charge on any atom is 0.253 e. The third-order valence-electron chi connectivity index (χ3n) is 2.56. The number of hydrogen-bond donors (Lipinski definition) is 1. The Morgan fingerprint density at radius 2 is 1.67 bits per heavy atom. The van der Waals surface area contributed by atoms with Gasteiger partial charge >= 0.3 is 0 Å². The van der Waals surface area contributed by atoms with Gasteiger partial charge in [0.1, 0.15) is 6.61 Å². The van der Waals surface area contributed by atoms with Gasteiger partial charge in [-0.25, -0.2) is 0 Å². The number of hydrogen-bond acceptors (Lipinski definition) is 3.